The largest absolute Gasteiger partial charge is 0.460 e. The van der Waals surface area contributed by atoms with Gasteiger partial charge in [0.25, 0.3) is 5.91 Å². The molecule has 8 nitrogen and oxygen atoms in total. The molecule has 4 rings (SSSR count). The summed E-state index contributed by atoms with van der Waals surface area (Å²) in [6.07, 6.45) is 3.98. The van der Waals surface area contributed by atoms with Crippen molar-refractivity contribution in [3.05, 3.63) is 40.6 Å². The molecule has 162 valence electrons. The monoisotopic (exact) mass is 415 g/mol. The van der Waals surface area contributed by atoms with Crippen molar-refractivity contribution in [2.75, 3.05) is 26.4 Å². The van der Waals surface area contributed by atoms with Crippen molar-refractivity contribution in [3.63, 3.8) is 0 Å². The Morgan fingerprint density at radius 3 is 2.83 bits per heavy atom. The predicted molar refractivity (Wildman–Crippen MR) is 108 cm³/mol. The summed E-state index contributed by atoms with van der Waals surface area (Å²) >= 11 is 0. The minimum atomic E-state index is -0.461. The zero-order chi connectivity index (χ0) is 21.1. The fraction of sp³-hybridized carbons (Fsp3) is 0.591. The Balaban J connectivity index is 1.46. The lowest BCUT2D eigenvalue weighted by atomic mass is 9.76. The number of carbonyl (C=O) groups is 2. The molecule has 8 heteroatoms. The van der Waals surface area contributed by atoms with Crippen molar-refractivity contribution < 1.29 is 23.5 Å². The number of nitrogens with zero attached hydrogens (tertiary/aromatic N) is 2. The van der Waals surface area contributed by atoms with Gasteiger partial charge in [-0.05, 0) is 50.2 Å². The van der Waals surface area contributed by atoms with E-state index >= 15 is 0 Å². The molecule has 2 aliphatic heterocycles. The topological polar surface area (TPSA) is 95.6 Å². The maximum atomic E-state index is 12.8. The Kier molecular flexibility index (Phi) is 5.94. The maximum Gasteiger partial charge on any atom is 0.374 e. The van der Waals surface area contributed by atoms with E-state index in [1.54, 1.807) is 19.1 Å². The third-order valence-electron chi connectivity index (χ3n) is 6.10. The van der Waals surface area contributed by atoms with E-state index in [9.17, 15) is 9.59 Å². The van der Waals surface area contributed by atoms with Crippen LogP contribution in [0.15, 0.2) is 16.5 Å². The molecule has 30 heavy (non-hydrogen) atoms. The number of nitrogens with one attached hydrogen (secondary N) is 1. The second-order valence-corrected chi connectivity index (χ2v) is 8.22. The zero-order valence-corrected chi connectivity index (χ0v) is 17.7. The van der Waals surface area contributed by atoms with Crippen molar-refractivity contribution in [3.8, 4) is 0 Å². The first kappa shape index (κ1) is 20.7. The summed E-state index contributed by atoms with van der Waals surface area (Å²) in [7, 11) is 0. The van der Waals surface area contributed by atoms with E-state index in [0.29, 0.717) is 31.7 Å². The highest BCUT2D eigenvalue weighted by Gasteiger charge is 2.39. The minimum absolute atomic E-state index is 0.0194. The molecule has 1 fully saturated rings. The van der Waals surface area contributed by atoms with Crippen LogP contribution in [-0.2, 0) is 28.9 Å². The SMILES string of the molecule is CCc1nn(CCCOC(=O)c2ccc(C)o2)c2c1C(=O)NCC1(CCOCC1)C2. The van der Waals surface area contributed by atoms with Crippen molar-refractivity contribution in [2.45, 2.75) is 52.5 Å². The van der Waals surface area contributed by atoms with Crippen molar-refractivity contribution >= 4 is 11.9 Å². The Hall–Kier alpha value is -2.61. The van der Waals surface area contributed by atoms with Crippen LogP contribution >= 0.6 is 0 Å². The van der Waals surface area contributed by atoms with Gasteiger partial charge in [-0.15, -0.1) is 0 Å². The average molecular weight is 415 g/mol. The Labute approximate surface area is 175 Å². The molecule has 0 atom stereocenters. The third kappa shape index (κ3) is 4.14. The lowest BCUT2D eigenvalue weighted by Gasteiger charge is -2.36. The van der Waals surface area contributed by atoms with Gasteiger partial charge in [-0.1, -0.05) is 6.92 Å². The van der Waals surface area contributed by atoms with E-state index in [2.05, 4.69) is 5.32 Å². The number of esters is 1. The molecule has 2 aromatic rings. The first-order valence-electron chi connectivity index (χ1n) is 10.7. The van der Waals surface area contributed by atoms with Crippen LogP contribution < -0.4 is 5.32 Å². The molecule has 0 radical (unpaired) electrons. The highest BCUT2D eigenvalue weighted by Crippen LogP contribution is 2.37. The van der Waals surface area contributed by atoms with E-state index in [0.717, 1.165) is 49.4 Å². The highest BCUT2D eigenvalue weighted by atomic mass is 16.5. The third-order valence-corrected chi connectivity index (χ3v) is 6.10. The van der Waals surface area contributed by atoms with Crippen LogP contribution in [0.1, 0.15) is 64.2 Å². The van der Waals surface area contributed by atoms with Gasteiger partial charge in [-0.25, -0.2) is 4.79 Å². The Morgan fingerprint density at radius 1 is 1.33 bits per heavy atom. The van der Waals surface area contributed by atoms with Gasteiger partial charge in [0.1, 0.15) is 5.76 Å². The van der Waals surface area contributed by atoms with Gasteiger partial charge >= 0.3 is 5.97 Å². The summed E-state index contributed by atoms with van der Waals surface area (Å²) in [5, 5.41) is 7.85. The van der Waals surface area contributed by atoms with E-state index in [1.165, 1.54) is 0 Å². The maximum absolute atomic E-state index is 12.8. The van der Waals surface area contributed by atoms with E-state index in [-0.39, 0.29) is 23.7 Å². The van der Waals surface area contributed by atoms with Gasteiger partial charge in [0, 0.05) is 32.7 Å². The summed E-state index contributed by atoms with van der Waals surface area (Å²) in [5.41, 5.74) is 2.57. The first-order valence-corrected chi connectivity index (χ1v) is 10.7. The van der Waals surface area contributed by atoms with Crippen LogP contribution in [-0.4, -0.2) is 48.0 Å². The van der Waals surface area contributed by atoms with Gasteiger partial charge in [-0.2, -0.15) is 5.10 Å². The van der Waals surface area contributed by atoms with Gasteiger partial charge in [0.2, 0.25) is 5.76 Å². The summed E-state index contributed by atoms with van der Waals surface area (Å²) in [5.74, 6) is 0.397. The molecule has 2 aliphatic rings. The number of amides is 1. The molecule has 2 aromatic heterocycles. The van der Waals surface area contributed by atoms with Crippen molar-refractivity contribution in [1.29, 1.82) is 0 Å². The fourth-order valence-electron chi connectivity index (χ4n) is 4.35. The predicted octanol–water partition coefficient (Wildman–Crippen LogP) is 2.68. The summed E-state index contributed by atoms with van der Waals surface area (Å²) in [6.45, 7) is 6.78. The lowest BCUT2D eigenvalue weighted by molar-refractivity contribution is 0.0152. The van der Waals surface area contributed by atoms with Gasteiger partial charge in [0.05, 0.1) is 23.6 Å². The number of fused-ring (bicyclic) bond motifs is 1. The minimum Gasteiger partial charge on any atom is -0.460 e. The molecular weight excluding hydrogens is 386 g/mol. The molecule has 0 aromatic carbocycles. The number of aromatic nitrogens is 2. The molecule has 1 saturated heterocycles. The van der Waals surface area contributed by atoms with Gasteiger partial charge in [-0.3, -0.25) is 9.48 Å². The number of aryl methyl sites for hydroxylation is 3. The molecule has 1 amide bonds. The lowest BCUT2D eigenvalue weighted by Crippen LogP contribution is -2.40. The number of hydrogen-bond acceptors (Lipinski definition) is 6. The Bertz CT molecular complexity index is 923. The number of carbonyl (C=O) groups excluding carboxylic acids is 2. The molecule has 0 bridgehead atoms. The van der Waals surface area contributed by atoms with E-state index in [4.69, 9.17) is 19.0 Å². The summed E-state index contributed by atoms with van der Waals surface area (Å²) in [6, 6.07) is 3.35. The Morgan fingerprint density at radius 2 is 2.13 bits per heavy atom. The standard InChI is InChI=1S/C22H29N3O5/c1-3-16-19-17(13-22(14-23-20(19)26)7-11-28-12-8-22)25(24-16)9-4-10-29-21(27)18-6-5-15(2)30-18/h5-6H,3-4,7-14H2,1-2H3,(H,23,26). The second-order valence-electron chi connectivity index (χ2n) is 8.22. The molecular formula is C22H29N3O5. The van der Waals surface area contributed by atoms with Crippen LogP contribution in [0.5, 0.6) is 0 Å². The van der Waals surface area contributed by atoms with Crippen LogP contribution in [0.4, 0.5) is 0 Å². The number of hydrogen-bond donors (Lipinski definition) is 1. The first-order chi connectivity index (χ1) is 14.5. The fourth-order valence-corrected chi connectivity index (χ4v) is 4.35. The average Bonchev–Trinajstić information content (AvgIpc) is 3.30. The number of ether oxygens (including phenoxy) is 2. The highest BCUT2D eigenvalue weighted by molar-refractivity contribution is 5.97. The zero-order valence-electron chi connectivity index (χ0n) is 17.7. The van der Waals surface area contributed by atoms with Crippen LogP contribution in [0.3, 0.4) is 0 Å². The normalized spacial score (nSPS) is 18.0. The van der Waals surface area contributed by atoms with Crippen LogP contribution in [0.2, 0.25) is 0 Å². The van der Waals surface area contributed by atoms with E-state index in [1.807, 2.05) is 11.6 Å². The number of rotatable bonds is 6. The van der Waals surface area contributed by atoms with Gasteiger partial charge in [0.15, 0.2) is 0 Å². The van der Waals surface area contributed by atoms with Crippen molar-refractivity contribution in [1.82, 2.24) is 15.1 Å². The quantitative estimate of drug-likeness (QED) is 0.576. The molecule has 1 N–H and O–H groups in total. The molecule has 0 unspecified atom stereocenters. The van der Waals surface area contributed by atoms with Crippen molar-refractivity contribution in [2.24, 2.45) is 5.41 Å². The second kappa shape index (κ2) is 8.63. The van der Waals surface area contributed by atoms with E-state index < -0.39 is 5.97 Å². The molecule has 1 spiro atoms. The molecule has 0 saturated carbocycles. The molecule has 0 aliphatic carbocycles. The summed E-state index contributed by atoms with van der Waals surface area (Å²) < 4.78 is 18.1. The smallest absolute Gasteiger partial charge is 0.374 e. The number of furan rings is 1. The van der Waals surface area contributed by atoms with Gasteiger partial charge < -0.3 is 19.2 Å². The molecule has 4 heterocycles. The summed E-state index contributed by atoms with van der Waals surface area (Å²) in [4.78, 5) is 24.9. The van der Waals surface area contributed by atoms with Crippen LogP contribution in [0.25, 0.3) is 0 Å². The van der Waals surface area contributed by atoms with Crippen LogP contribution in [0, 0.1) is 12.3 Å².